The summed E-state index contributed by atoms with van der Waals surface area (Å²) in [6, 6.07) is 7.86. The van der Waals surface area contributed by atoms with Crippen LogP contribution in [0.25, 0.3) is 11.4 Å². The maximum absolute atomic E-state index is 5.78. The number of anilines is 1. The van der Waals surface area contributed by atoms with Crippen LogP contribution in [0.2, 0.25) is 0 Å². The van der Waals surface area contributed by atoms with E-state index in [1.165, 1.54) is 12.8 Å². The molecule has 1 aromatic heterocycles. The number of aromatic nitrogens is 2. The van der Waals surface area contributed by atoms with Gasteiger partial charge in [-0.05, 0) is 18.6 Å². The molecule has 3 heteroatoms. The van der Waals surface area contributed by atoms with Crippen LogP contribution in [-0.2, 0) is 6.54 Å². The van der Waals surface area contributed by atoms with Crippen molar-refractivity contribution in [2.45, 2.75) is 26.3 Å². The highest BCUT2D eigenvalue weighted by molar-refractivity contribution is 5.61. The maximum atomic E-state index is 5.78. The minimum atomic E-state index is 0.780. The number of nitrogen functional groups attached to an aromatic ring is 1. The van der Waals surface area contributed by atoms with Gasteiger partial charge in [-0.25, -0.2) is 4.98 Å². The van der Waals surface area contributed by atoms with Crippen molar-refractivity contribution >= 4 is 5.69 Å². The van der Waals surface area contributed by atoms with Gasteiger partial charge < -0.3 is 10.3 Å². The summed E-state index contributed by atoms with van der Waals surface area (Å²) in [5.74, 6) is 1.00. The van der Waals surface area contributed by atoms with E-state index in [1.807, 2.05) is 36.7 Å². The van der Waals surface area contributed by atoms with Gasteiger partial charge in [0, 0.05) is 30.2 Å². The largest absolute Gasteiger partial charge is 0.399 e. The summed E-state index contributed by atoms with van der Waals surface area (Å²) in [6.07, 6.45) is 6.22. The average molecular weight is 215 g/mol. The average Bonchev–Trinajstić information content (AvgIpc) is 2.74. The number of unbranched alkanes of at least 4 members (excludes halogenated alkanes) is 1. The second-order valence-electron chi connectivity index (χ2n) is 3.92. The Morgan fingerprint density at radius 3 is 3.00 bits per heavy atom. The fourth-order valence-electron chi connectivity index (χ4n) is 1.76. The topological polar surface area (TPSA) is 43.8 Å². The zero-order valence-corrected chi connectivity index (χ0v) is 9.56. The van der Waals surface area contributed by atoms with E-state index in [4.69, 9.17) is 5.73 Å². The Balaban J connectivity index is 2.29. The first-order chi connectivity index (χ1) is 7.81. The van der Waals surface area contributed by atoms with Gasteiger partial charge in [0.1, 0.15) is 5.82 Å². The number of benzene rings is 1. The first kappa shape index (κ1) is 10.7. The summed E-state index contributed by atoms with van der Waals surface area (Å²) >= 11 is 0. The Hall–Kier alpha value is -1.77. The molecule has 3 nitrogen and oxygen atoms in total. The van der Waals surface area contributed by atoms with Crippen molar-refractivity contribution in [1.29, 1.82) is 0 Å². The molecule has 0 bridgehead atoms. The first-order valence-electron chi connectivity index (χ1n) is 5.68. The van der Waals surface area contributed by atoms with Crippen LogP contribution in [0.3, 0.4) is 0 Å². The Labute approximate surface area is 95.9 Å². The van der Waals surface area contributed by atoms with Gasteiger partial charge in [0.25, 0.3) is 0 Å². The smallest absolute Gasteiger partial charge is 0.139 e. The Morgan fingerprint density at radius 1 is 1.38 bits per heavy atom. The highest BCUT2D eigenvalue weighted by Gasteiger charge is 2.05. The summed E-state index contributed by atoms with van der Waals surface area (Å²) in [4.78, 5) is 4.39. The fraction of sp³-hybridized carbons (Fsp3) is 0.308. The maximum Gasteiger partial charge on any atom is 0.139 e. The van der Waals surface area contributed by atoms with Gasteiger partial charge >= 0.3 is 0 Å². The van der Waals surface area contributed by atoms with Gasteiger partial charge in [0.05, 0.1) is 0 Å². The van der Waals surface area contributed by atoms with Crippen molar-refractivity contribution in [3.8, 4) is 11.4 Å². The molecule has 0 atom stereocenters. The predicted octanol–water partition coefficient (Wildman–Crippen LogP) is 2.93. The van der Waals surface area contributed by atoms with E-state index in [9.17, 15) is 0 Å². The van der Waals surface area contributed by atoms with Crippen molar-refractivity contribution in [3.63, 3.8) is 0 Å². The van der Waals surface area contributed by atoms with Crippen molar-refractivity contribution in [2.75, 3.05) is 5.73 Å². The Morgan fingerprint density at radius 2 is 2.25 bits per heavy atom. The fourth-order valence-corrected chi connectivity index (χ4v) is 1.76. The highest BCUT2D eigenvalue weighted by Crippen LogP contribution is 2.20. The molecule has 2 rings (SSSR count). The van der Waals surface area contributed by atoms with Gasteiger partial charge in [-0.15, -0.1) is 0 Å². The number of nitrogens with zero attached hydrogens (tertiary/aromatic N) is 2. The van der Waals surface area contributed by atoms with Crippen LogP contribution in [-0.4, -0.2) is 9.55 Å². The van der Waals surface area contributed by atoms with Crippen LogP contribution in [0, 0.1) is 0 Å². The highest BCUT2D eigenvalue weighted by atomic mass is 15.1. The lowest BCUT2D eigenvalue weighted by Crippen LogP contribution is -1.99. The molecule has 0 spiro atoms. The summed E-state index contributed by atoms with van der Waals surface area (Å²) in [6.45, 7) is 3.21. The Kier molecular flexibility index (Phi) is 3.25. The number of hydrogen-bond acceptors (Lipinski definition) is 2. The second kappa shape index (κ2) is 4.84. The van der Waals surface area contributed by atoms with Crippen LogP contribution in [0.5, 0.6) is 0 Å². The van der Waals surface area contributed by atoms with Gasteiger partial charge in [0.15, 0.2) is 0 Å². The first-order valence-corrected chi connectivity index (χ1v) is 5.68. The molecule has 0 saturated heterocycles. The van der Waals surface area contributed by atoms with Gasteiger partial charge in [-0.3, -0.25) is 0 Å². The monoisotopic (exact) mass is 215 g/mol. The van der Waals surface area contributed by atoms with Crippen LogP contribution in [0.1, 0.15) is 19.8 Å². The van der Waals surface area contributed by atoms with Crippen LogP contribution >= 0.6 is 0 Å². The van der Waals surface area contributed by atoms with Crippen molar-refractivity contribution in [2.24, 2.45) is 0 Å². The van der Waals surface area contributed by atoms with E-state index in [1.54, 1.807) is 0 Å². The normalized spacial score (nSPS) is 10.6. The lowest BCUT2D eigenvalue weighted by molar-refractivity contribution is 0.637. The predicted molar refractivity (Wildman–Crippen MR) is 67.0 cm³/mol. The zero-order chi connectivity index (χ0) is 11.4. The summed E-state index contributed by atoms with van der Waals surface area (Å²) in [7, 11) is 0. The van der Waals surface area contributed by atoms with E-state index < -0.39 is 0 Å². The van der Waals surface area contributed by atoms with Crippen LogP contribution in [0.4, 0.5) is 5.69 Å². The molecule has 0 saturated carbocycles. The van der Waals surface area contributed by atoms with Crippen molar-refractivity contribution in [3.05, 3.63) is 36.7 Å². The van der Waals surface area contributed by atoms with E-state index in [0.29, 0.717) is 0 Å². The molecular formula is C13H17N3. The second-order valence-corrected chi connectivity index (χ2v) is 3.92. The molecule has 2 N–H and O–H groups in total. The molecule has 0 aliphatic rings. The van der Waals surface area contributed by atoms with E-state index in [-0.39, 0.29) is 0 Å². The van der Waals surface area contributed by atoms with E-state index >= 15 is 0 Å². The van der Waals surface area contributed by atoms with E-state index in [2.05, 4.69) is 16.5 Å². The molecule has 1 aromatic carbocycles. The summed E-state index contributed by atoms with van der Waals surface area (Å²) in [5, 5.41) is 0. The zero-order valence-electron chi connectivity index (χ0n) is 9.56. The third-order valence-electron chi connectivity index (χ3n) is 2.61. The number of imidazole rings is 1. The number of hydrogen-bond donors (Lipinski definition) is 1. The molecule has 0 amide bonds. The Bertz CT molecular complexity index is 460. The molecule has 0 radical (unpaired) electrons. The molecular weight excluding hydrogens is 198 g/mol. The third-order valence-corrected chi connectivity index (χ3v) is 2.61. The van der Waals surface area contributed by atoms with Crippen LogP contribution in [0.15, 0.2) is 36.7 Å². The molecule has 0 unspecified atom stereocenters. The molecule has 0 aliphatic heterocycles. The number of aryl methyl sites for hydroxylation is 1. The summed E-state index contributed by atoms with van der Waals surface area (Å²) in [5.41, 5.74) is 7.64. The molecule has 16 heavy (non-hydrogen) atoms. The third kappa shape index (κ3) is 2.24. The lowest BCUT2D eigenvalue weighted by atomic mass is 10.2. The quantitative estimate of drug-likeness (QED) is 0.797. The minimum Gasteiger partial charge on any atom is -0.399 e. The van der Waals surface area contributed by atoms with Gasteiger partial charge in [-0.1, -0.05) is 25.5 Å². The van der Waals surface area contributed by atoms with E-state index in [0.717, 1.165) is 23.6 Å². The van der Waals surface area contributed by atoms with Crippen molar-refractivity contribution in [1.82, 2.24) is 9.55 Å². The van der Waals surface area contributed by atoms with Crippen LogP contribution < -0.4 is 5.73 Å². The number of rotatable bonds is 4. The number of nitrogens with two attached hydrogens (primary N) is 1. The lowest BCUT2D eigenvalue weighted by Gasteiger charge is -2.07. The minimum absolute atomic E-state index is 0.780. The van der Waals surface area contributed by atoms with Gasteiger partial charge in [0.2, 0.25) is 0 Å². The standard InChI is InChI=1S/C13H17N3/c1-2-3-8-16-9-7-15-13(16)11-5-4-6-12(14)10-11/h4-7,9-10H,2-3,8,14H2,1H3. The SMILES string of the molecule is CCCCn1ccnc1-c1cccc(N)c1. The molecule has 84 valence electrons. The molecule has 2 aromatic rings. The summed E-state index contributed by atoms with van der Waals surface area (Å²) < 4.78 is 2.18. The van der Waals surface area contributed by atoms with Crippen molar-refractivity contribution < 1.29 is 0 Å². The molecule has 1 heterocycles. The molecule has 0 aliphatic carbocycles. The van der Waals surface area contributed by atoms with Gasteiger partial charge in [-0.2, -0.15) is 0 Å². The molecule has 0 fully saturated rings.